The van der Waals surface area contributed by atoms with E-state index in [1.54, 1.807) is 17.0 Å². The Bertz CT molecular complexity index is 890. The first kappa shape index (κ1) is 21.9. The third-order valence-electron chi connectivity index (χ3n) is 4.70. The van der Waals surface area contributed by atoms with Gasteiger partial charge in [0.05, 0.1) is 22.8 Å². The molecule has 0 radical (unpaired) electrons. The highest BCUT2D eigenvalue weighted by atomic mass is 35.5. The molecule has 0 bridgehead atoms. The van der Waals surface area contributed by atoms with Crippen molar-refractivity contribution in [2.45, 2.75) is 19.0 Å². The summed E-state index contributed by atoms with van der Waals surface area (Å²) in [6.45, 7) is 1.31. The van der Waals surface area contributed by atoms with E-state index in [4.69, 9.17) is 16.0 Å². The molecule has 2 aromatic heterocycles. The molecule has 3 heterocycles. The highest BCUT2D eigenvalue weighted by Crippen LogP contribution is 2.32. The molecule has 0 spiro atoms. The summed E-state index contributed by atoms with van der Waals surface area (Å²) in [5.41, 5.74) is -0.933. The maximum atomic E-state index is 12.6. The van der Waals surface area contributed by atoms with Crippen molar-refractivity contribution in [2.24, 2.45) is 5.92 Å². The Labute approximate surface area is 175 Å². The van der Waals surface area contributed by atoms with Gasteiger partial charge >= 0.3 is 6.18 Å². The maximum absolute atomic E-state index is 12.6. The minimum atomic E-state index is -4.52. The molecule has 30 heavy (non-hydrogen) atoms. The third kappa shape index (κ3) is 5.44. The van der Waals surface area contributed by atoms with Gasteiger partial charge in [0, 0.05) is 32.4 Å². The van der Waals surface area contributed by atoms with Crippen LogP contribution >= 0.6 is 11.6 Å². The van der Waals surface area contributed by atoms with Crippen LogP contribution in [0, 0.1) is 5.92 Å². The Balaban J connectivity index is 1.45. The third-order valence-corrected chi connectivity index (χ3v) is 4.98. The minimum absolute atomic E-state index is 0.104. The van der Waals surface area contributed by atoms with Gasteiger partial charge in [-0.2, -0.15) is 13.2 Å². The number of furan rings is 1. The molecule has 0 aliphatic carbocycles. The Morgan fingerprint density at radius 1 is 1.33 bits per heavy atom. The van der Waals surface area contributed by atoms with E-state index in [-0.39, 0.29) is 47.4 Å². The second-order valence-corrected chi connectivity index (χ2v) is 7.24. The summed E-state index contributed by atoms with van der Waals surface area (Å²) in [6, 6.07) is 4.01. The predicted molar refractivity (Wildman–Crippen MR) is 103 cm³/mol. The summed E-state index contributed by atoms with van der Waals surface area (Å²) in [4.78, 5) is 30.1. The van der Waals surface area contributed by atoms with Crippen molar-refractivity contribution in [3.63, 3.8) is 0 Å². The molecule has 162 valence electrons. The number of anilines is 1. The largest absolute Gasteiger partial charge is 0.459 e. The van der Waals surface area contributed by atoms with Crippen LogP contribution in [0.1, 0.15) is 29.0 Å². The van der Waals surface area contributed by atoms with Crippen LogP contribution in [0.4, 0.5) is 19.0 Å². The molecule has 11 heteroatoms. The fourth-order valence-corrected chi connectivity index (χ4v) is 3.40. The van der Waals surface area contributed by atoms with Gasteiger partial charge in [-0.1, -0.05) is 11.6 Å². The Hall–Kier alpha value is -2.75. The van der Waals surface area contributed by atoms with Gasteiger partial charge in [-0.25, -0.2) is 4.98 Å². The average molecular weight is 445 g/mol. The number of piperidine rings is 1. The summed E-state index contributed by atoms with van der Waals surface area (Å²) >= 11 is 5.83. The van der Waals surface area contributed by atoms with Crippen LogP contribution in [0.2, 0.25) is 5.02 Å². The summed E-state index contributed by atoms with van der Waals surface area (Å²) in [5.74, 6) is -0.444. The Morgan fingerprint density at radius 2 is 2.13 bits per heavy atom. The molecule has 2 aromatic rings. The van der Waals surface area contributed by atoms with Gasteiger partial charge in [0.15, 0.2) is 5.76 Å². The minimum Gasteiger partial charge on any atom is -0.459 e. The van der Waals surface area contributed by atoms with Crippen LogP contribution in [-0.4, -0.2) is 47.9 Å². The molecular weight excluding hydrogens is 425 g/mol. The van der Waals surface area contributed by atoms with Crippen LogP contribution in [0.3, 0.4) is 0 Å². The average Bonchev–Trinajstić information content (AvgIpc) is 3.25. The van der Waals surface area contributed by atoms with E-state index >= 15 is 0 Å². The molecule has 7 nitrogen and oxygen atoms in total. The summed E-state index contributed by atoms with van der Waals surface area (Å²) in [6.07, 6.45) is -1.04. The zero-order chi connectivity index (χ0) is 21.7. The number of amides is 2. The standard InChI is InChI=1S/C19H20ClF3N4O3/c20-14-9-13(19(21,22)23)10-26-16(14)24-5-6-25-17(28)12-3-1-7-27(11-12)18(29)15-4-2-8-30-15/h2,4,8-10,12H,1,3,5-7,11H2,(H,24,26)(H,25,28)/t12-/m0/s1. The number of alkyl halides is 3. The molecule has 0 saturated carbocycles. The first-order valence-electron chi connectivity index (χ1n) is 9.33. The molecule has 1 atom stereocenters. The lowest BCUT2D eigenvalue weighted by Gasteiger charge is -2.31. The number of hydrogen-bond acceptors (Lipinski definition) is 5. The zero-order valence-electron chi connectivity index (χ0n) is 15.8. The van der Waals surface area contributed by atoms with Crippen molar-refractivity contribution in [2.75, 3.05) is 31.5 Å². The van der Waals surface area contributed by atoms with Gasteiger partial charge in [-0.05, 0) is 31.0 Å². The molecular formula is C19H20ClF3N4O3. The van der Waals surface area contributed by atoms with Crippen LogP contribution < -0.4 is 10.6 Å². The molecule has 1 aliphatic rings. The number of likely N-dealkylation sites (tertiary alicyclic amines) is 1. The monoisotopic (exact) mass is 444 g/mol. The number of pyridine rings is 1. The zero-order valence-corrected chi connectivity index (χ0v) is 16.6. The molecule has 1 aliphatic heterocycles. The van der Waals surface area contributed by atoms with Gasteiger partial charge in [0.25, 0.3) is 5.91 Å². The quantitative estimate of drug-likeness (QED) is 0.666. The fourth-order valence-electron chi connectivity index (χ4n) is 3.17. The van der Waals surface area contributed by atoms with Crippen molar-refractivity contribution in [1.82, 2.24) is 15.2 Å². The van der Waals surface area contributed by atoms with E-state index < -0.39 is 11.7 Å². The number of halogens is 4. The number of nitrogens with zero attached hydrogens (tertiary/aromatic N) is 2. The maximum Gasteiger partial charge on any atom is 0.417 e. The molecule has 3 rings (SSSR count). The van der Waals surface area contributed by atoms with Gasteiger partial charge in [-0.3, -0.25) is 9.59 Å². The van der Waals surface area contributed by atoms with E-state index in [9.17, 15) is 22.8 Å². The number of nitrogens with one attached hydrogen (secondary N) is 2. The van der Waals surface area contributed by atoms with E-state index in [1.807, 2.05) is 0 Å². The number of rotatable bonds is 6. The van der Waals surface area contributed by atoms with Crippen molar-refractivity contribution >= 4 is 29.2 Å². The van der Waals surface area contributed by atoms with Gasteiger partial charge < -0.3 is 20.0 Å². The van der Waals surface area contributed by atoms with Crippen LogP contribution in [0.15, 0.2) is 35.1 Å². The molecule has 1 saturated heterocycles. The molecule has 0 unspecified atom stereocenters. The summed E-state index contributed by atoms with van der Waals surface area (Å²) in [5, 5.41) is 5.39. The normalized spacial score (nSPS) is 16.9. The van der Waals surface area contributed by atoms with Crippen LogP contribution in [-0.2, 0) is 11.0 Å². The summed E-state index contributed by atoms with van der Waals surface area (Å²) in [7, 11) is 0. The number of hydrogen-bond donors (Lipinski definition) is 2. The second-order valence-electron chi connectivity index (χ2n) is 6.84. The van der Waals surface area contributed by atoms with E-state index in [0.29, 0.717) is 32.1 Å². The lowest BCUT2D eigenvalue weighted by Crippen LogP contribution is -2.46. The van der Waals surface area contributed by atoms with Gasteiger partial charge in [-0.15, -0.1) is 0 Å². The molecule has 0 aromatic carbocycles. The predicted octanol–water partition coefficient (Wildman–Crippen LogP) is 3.43. The fraction of sp³-hybridized carbons (Fsp3) is 0.421. The van der Waals surface area contributed by atoms with Crippen molar-refractivity contribution < 1.29 is 27.2 Å². The number of aromatic nitrogens is 1. The first-order chi connectivity index (χ1) is 14.3. The van der Waals surface area contributed by atoms with E-state index in [0.717, 1.165) is 6.07 Å². The topological polar surface area (TPSA) is 87.5 Å². The van der Waals surface area contributed by atoms with E-state index in [2.05, 4.69) is 15.6 Å². The smallest absolute Gasteiger partial charge is 0.417 e. The lowest BCUT2D eigenvalue weighted by atomic mass is 9.97. The number of carbonyl (C=O) groups excluding carboxylic acids is 2. The second kappa shape index (κ2) is 9.38. The number of carbonyl (C=O) groups is 2. The van der Waals surface area contributed by atoms with Gasteiger partial charge in [0.2, 0.25) is 5.91 Å². The highest BCUT2D eigenvalue weighted by molar-refractivity contribution is 6.32. The Kier molecular flexibility index (Phi) is 6.86. The van der Waals surface area contributed by atoms with Crippen molar-refractivity contribution in [3.8, 4) is 0 Å². The van der Waals surface area contributed by atoms with Crippen LogP contribution in [0.25, 0.3) is 0 Å². The highest BCUT2D eigenvalue weighted by Gasteiger charge is 2.32. The Morgan fingerprint density at radius 3 is 2.80 bits per heavy atom. The SMILES string of the molecule is O=C(NCCNc1ncc(C(F)(F)F)cc1Cl)[C@H]1CCCN(C(=O)c2ccco2)C1. The van der Waals surface area contributed by atoms with Gasteiger partial charge in [0.1, 0.15) is 5.82 Å². The van der Waals surface area contributed by atoms with Crippen LogP contribution in [0.5, 0.6) is 0 Å². The lowest BCUT2D eigenvalue weighted by molar-refractivity contribution is -0.137. The molecule has 2 N–H and O–H groups in total. The van der Waals surface area contributed by atoms with Crippen molar-refractivity contribution in [3.05, 3.63) is 47.0 Å². The molecule has 2 amide bonds. The van der Waals surface area contributed by atoms with E-state index in [1.165, 1.54) is 6.26 Å². The first-order valence-corrected chi connectivity index (χ1v) is 9.70. The molecule has 1 fully saturated rings. The summed E-state index contributed by atoms with van der Waals surface area (Å²) < 4.78 is 43.0. The van der Waals surface area contributed by atoms with Crippen molar-refractivity contribution in [1.29, 1.82) is 0 Å².